The fourth-order valence-electron chi connectivity index (χ4n) is 1.18. The zero-order valence-electron chi connectivity index (χ0n) is 8.78. The number of carbonyl (C=O) groups is 1. The number of carbonyl (C=O) groups excluding carboxylic acids is 1. The van der Waals surface area contributed by atoms with E-state index in [9.17, 15) is 14.9 Å². The van der Waals surface area contributed by atoms with E-state index in [1.54, 1.807) is 0 Å². The monoisotopic (exact) mass is 320 g/mol. The predicted molar refractivity (Wildman–Crippen MR) is 69.4 cm³/mol. The molecule has 0 heterocycles. The molecule has 1 amide bonds. The first-order chi connectivity index (χ1) is 8.04. The zero-order chi connectivity index (χ0) is 12.8. The van der Waals surface area contributed by atoms with E-state index in [0.717, 1.165) is 0 Å². The first kappa shape index (κ1) is 13.9. The van der Waals surface area contributed by atoms with Gasteiger partial charge in [-0.25, -0.2) is 0 Å². The van der Waals surface area contributed by atoms with Gasteiger partial charge in [-0.1, -0.05) is 0 Å². The van der Waals surface area contributed by atoms with Crippen LogP contribution in [0, 0.1) is 10.1 Å². The molecule has 17 heavy (non-hydrogen) atoms. The van der Waals surface area contributed by atoms with Gasteiger partial charge in [0.1, 0.15) is 0 Å². The van der Waals surface area contributed by atoms with Crippen molar-refractivity contribution in [2.75, 3.05) is 11.2 Å². The van der Waals surface area contributed by atoms with Crippen molar-refractivity contribution in [1.29, 1.82) is 0 Å². The van der Waals surface area contributed by atoms with Crippen molar-refractivity contribution in [3.8, 4) is 0 Å². The van der Waals surface area contributed by atoms with Gasteiger partial charge in [0.15, 0.2) is 0 Å². The highest BCUT2D eigenvalue weighted by molar-refractivity contribution is 9.10. The molecule has 0 aliphatic rings. The van der Waals surface area contributed by atoms with Crippen LogP contribution in [-0.2, 0) is 4.79 Å². The summed E-state index contributed by atoms with van der Waals surface area (Å²) >= 11 is 8.54. The van der Waals surface area contributed by atoms with Gasteiger partial charge in [-0.05, 0) is 34.5 Å². The predicted octanol–water partition coefficient (Wildman–Crippen LogP) is 3.31. The average Bonchev–Trinajstić information content (AvgIpc) is 2.26. The summed E-state index contributed by atoms with van der Waals surface area (Å²) in [7, 11) is 0. The summed E-state index contributed by atoms with van der Waals surface area (Å²) < 4.78 is 0.331. The average molecular weight is 322 g/mol. The van der Waals surface area contributed by atoms with E-state index in [1.165, 1.54) is 18.2 Å². The molecule has 0 aromatic heterocycles. The van der Waals surface area contributed by atoms with E-state index in [2.05, 4.69) is 21.2 Å². The van der Waals surface area contributed by atoms with Crippen molar-refractivity contribution in [3.05, 3.63) is 32.8 Å². The van der Waals surface area contributed by atoms with Crippen LogP contribution in [-0.4, -0.2) is 16.7 Å². The number of rotatable bonds is 5. The Morgan fingerprint density at radius 1 is 1.53 bits per heavy atom. The number of anilines is 1. The number of amides is 1. The first-order valence-electron chi connectivity index (χ1n) is 4.84. The van der Waals surface area contributed by atoms with Gasteiger partial charge in [0.2, 0.25) is 5.91 Å². The van der Waals surface area contributed by atoms with Gasteiger partial charge in [-0.15, -0.1) is 11.6 Å². The normalized spacial score (nSPS) is 10.0. The number of hydrogen-bond acceptors (Lipinski definition) is 3. The standard InChI is InChI=1S/C10H10BrClN2O3/c11-8-6-7(3-4-9(8)14(16)17)13-10(15)2-1-5-12/h3-4,6H,1-2,5H2,(H,13,15). The van der Waals surface area contributed by atoms with Crippen molar-refractivity contribution >= 4 is 44.8 Å². The summed E-state index contributed by atoms with van der Waals surface area (Å²) in [5.74, 6) is 0.267. The number of nitro groups is 1. The smallest absolute Gasteiger partial charge is 0.283 e. The maximum atomic E-state index is 11.4. The molecule has 1 aromatic carbocycles. The molecule has 0 spiro atoms. The van der Waals surface area contributed by atoms with Gasteiger partial charge in [0, 0.05) is 24.1 Å². The molecular weight excluding hydrogens is 311 g/mol. The Morgan fingerprint density at radius 3 is 2.76 bits per heavy atom. The van der Waals surface area contributed by atoms with E-state index >= 15 is 0 Å². The Bertz CT molecular complexity index is 440. The second kappa shape index (κ2) is 6.56. The third-order valence-corrected chi connectivity index (χ3v) is 2.87. The number of alkyl halides is 1. The molecule has 92 valence electrons. The summed E-state index contributed by atoms with van der Waals surface area (Å²) in [4.78, 5) is 21.5. The number of hydrogen-bond donors (Lipinski definition) is 1. The number of halogens is 2. The lowest BCUT2D eigenvalue weighted by Crippen LogP contribution is -2.11. The third-order valence-electron chi connectivity index (χ3n) is 1.97. The van der Waals surface area contributed by atoms with E-state index in [0.29, 0.717) is 28.9 Å². The summed E-state index contributed by atoms with van der Waals surface area (Å²) in [6, 6.07) is 4.32. The quantitative estimate of drug-likeness (QED) is 0.514. The van der Waals surface area contributed by atoms with Gasteiger partial charge < -0.3 is 5.32 Å². The molecule has 1 rings (SSSR count). The van der Waals surface area contributed by atoms with Crippen molar-refractivity contribution in [1.82, 2.24) is 0 Å². The van der Waals surface area contributed by atoms with Crippen molar-refractivity contribution in [3.63, 3.8) is 0 Å². The van der Waals surface area contributed by atoms with Crippen LogP contribution in [0.1, 0.15) is 12.8 Å². The summed E-state index contributed by atoms with van der Waals surface area (Å²) in [5.41, 5.74) is 0.478. The lowest BCUT2D eigenvalue weighted by Gasteiger charge is -2.05. The fourth-order valence-corrected chi connectivity index (χ4v) is 1.84. The third kappa shape index (κ3) is 4.32. The van der Waals surface area contributed by atoms with Crippen molar-refractivity contribution in [2.24, 2.45) is 0 Å². The molecule has 0 atom stereocenters. The highest BCUT2D eigenvalue weighted by Crippen LogP contribution is 2.27. The maximum Gasteiger partial charge on any atom is 0.283 e. The molecule has 5 nitrogen and oxygen atoms in total. The molecule has 0 aliphatic heterocycles. The van der Waals surface area contributed by atoms with Crippen LogP contribution in [0.15, 0.2) is 22.7 Å². The Morgan fingerprint density at radius 2 is 2.24 bits per heavy atom. The van der Waals surface area contributed by atoms with Crippen LogP contribution in [0.2, 0.25) is 0 Å². The van der Waals surface area contributed by atoms with Crippen LogP contribution in [0.4, 0.5) is 11.4 Å². The number of nitrogens with zero attached hydrogens (tertiary/aromatic N) is 1. The van der Waals surface area contributed by atoms with E-state index in [-0.39, 0.29) is 11.6 Å². The molecule has 0 bridgehead atoms. The van der Waals surface area contributed by atoms with Gasteiger partial charge in [0.25, 0.3) is 5.69 Å². The van der Waals surface area contributed by atoms with Crippen LogP contribution in [0.3, 0.4) is 0 Å². The van der Waals surface area contributed by atoms with Gasteiger partial charge in [-0.3, -0.25) is 14.9 Å². The molecule has 0 saturated heterocycles. The second-order valence-electron chi connectivity index (χ2n) is 3.26. The first-order valence-corrected chi connectivity index (χ1v) is 6.17. The van der Waals surface area contributed by atoms with Gasteiger partial charge >= 0.3 is 0 Å². The summed E-state index contributed by atoms with van der Waals surface area (Å²) in [5, 5.41) is 13.2. The Labute approximate surface area is 111 Å². The molecular formula is C10H10BrClN2O3. The molecule has 0 unspecified atom stereocenters. The Hall–Kier alpha value is -1.14. The Balaban J connectivity index is 2.70. The van der Waals surface area contributed by atoms with Crippen LogP contribution in [0.5, 0.6) is 0 Å². The molecule has 0 aliphatic carbocycles. The Kier molecular flexibility index (Phi) is 5.37. The molecule has 0 radical (unpaired) electrons. The molecule has 1 aromatic rings. The van der Waals surface area contributed by atoms with Crippen molar-refractivity contribution < 1.29 is 9.72 Å². The van der Waals surface area contributed by atoms with Crippen LogP contribution < -0.4 is 5.32 Å². The molecule has 7 heteroatoms. The highest BCUT2D eigenvalue weighted by atomic mass is 79.9. The minimum atomic E-state index is -0.497. The SMILES string of the molecule is O=C(CCCCl)Nc1ccc([N+](=O)[O-])c(Br)c1. The maximum absolute atomic E-state index is 11.4. The van der Waals surface area contributed by atoms with E-state index in [1.807, 2.05) is 0 Å². The molecule has 0 fully saturated rings. The van der Waals surface area contributed by atoms with Crippen LogP contribution in [0.25, 0.3) is 0 Å². The lowest BCUT2D eigenvalue weighted by atomic mass is 10.2. The molecule has 1 N–H and O–H groups in total. The van der Waals surface area contributed by atoms with Gasteiger partial charge in [0.05, 0.1) is 9.40 Å². The van der Waals surface area contributed by atoms with Crippen molar-refractivity contribution in [2.45, 2.75) is 12.8 Å². The summed E-state index contributed by atoms with van der Waals surface area (Å²) in [6.07, 6.45) is 0.930. The van der Waals surface area contributed by atoms with Crippen LogP contribution >= 0.6 is 27.5 Å². The lowest BCUT2D eigenvalue weighted by molar-refractivity contribution is -0.385. The number of benzene rings is 1. The highest BCUT2D eigenvalue weighted by Gasteiger charge is 2.12. The van der Waals surface area contributed by atoms with E-state index in [4.69, 9.17) is 11.6 Å². The largest absolute Gasteiger partial charge is 0.326 e. The number of nitro benzene ring substituents is 1. The minimum absolute atomic E-state index is 0.0382. The topological polar surface area (TPSA) is 72.2 Å². The fraction of sp³-hybridized carbons (Fsp3) is 0.300. The molecule has 0 saturated carbocycles. The minimum Gasteiger partial charge on any atom is -0.326 e. The number of nitrogens with one attached hydrogen (secondary N) is 1. The summed E-state index contributed by atoms with van der Waals surface area (Å²) in [6.45, 7) is 0. The zero-order valence-corrected chi connectivity index (χ0v) is 11.1. The van der Waals surface area contributed by atoms with E-state index < -0.39 is 4.92 Å². The van der Waals surface area contributed by atoms with Gasteiger partial charge in [-0.2, -0.15) is 0 Å². The second-order valence-corrected chi connectivity index (χ2v) is 4.50.